The number of hydrogen-bond acceptors (Lipinski definition) is 5. The molecular formula is C30H26N2O4S. The molecule has 1 fully saturated rings. The highest BCUT2D eigenvalue weighted by molar-refractivity contribution is 8.19. The lowest BCUT2D eigenvalue weighted by molar-refractivity contribution is -0.113. The highest BCUT2D eigenvalue weighted by atomic mass is 32.2. The van der Waals surface area contributed by atoms with Gasteiger partial charge in [-0.3, -0.25) is 9.59 Å². The van der Waals surface area contributed by atoms with Crippen LogP contribution in [-0.2, 0) is 4.79 Å². The summed E-state index contributed by atoms with van der Waals surface area (Å²) in [6, 6.07) is 24.7. The van der Waals surface area contributed by atoms with Crippen molar-refractivity contribution in [3.05, 3.63) is 106 Å². The summed E-state index contributed by atoms with van der Waals surface area (Å²) in [4.78, 5) is 27.4. The zero-order chi connectivity index (χ0) is 26.1. The first-order chi connectivity index (χ1) is 17.8. The van der Waals surface area contributed by atoms with Crippen LogP contribution >= 0.6 is 11.8 Å². The van der Waals surface area contributed by atoms with Crippen molar-refractivity contribution in [3.63, 3.8) is 0 Å². The second-order valence-corrected chi connectivity index (χ2v) is 9.78. The van der Waals surface area contributed by atoms with Gasteiger partial charge >= 0.3 is 0 Å². The Hall–Kier alpha value is -4.23. The molecule has 4 aromatic rings. The zero-order valence-corrected chi connectivity index (χ0v) is 21.8. The van der Waals surface area contributed by atoms with Crippen LogP contribution in [0.25, 0.3) is 11.8 Å². The number of rotatable bonds is 6. The van der Waals surface area contributed by atoms with E-state index in [9.17, 15) is 9.59 Å². The van der Waals surface area contributed by atoms with E-state index in [1.54, 1.807) is 25.3 Å². The average Bonchev–Trinajstić information content (AvgIpc) is 3.34. The van der Waals surface area contributed by atoms with Gasteiger partial charge in [0, 0.05) is 17.1 Å². The second kappa shape index (κ2) is 10.0. The van der Waals surface area contributed by atoms with Gasteiger partial charge in [0.05, 0.1) is 17.7 Å². The largest absolute Gasteiger partial charge is 0.497 e. The van der Waals surface area contributed by atoms with Gasteiger partial charge in [0.25, 0.3) is 11.1 Å². The van der Waals surface area contributed by atoms with Gasteiger partial charge in [0.15, 0.2) is 0 Å². The van der Waals surface area contributed by atoms with Crippen molar-refractivity contribution < 1.29 is 19.1 Å². The van der Waals surface area contributed by atoms with E-state index >= 15 is 0 Å². The molecule has 0 saturated carbocycles. The summed E-state index contributed by atoms with van der Waals surface area (Å²) in [5.74, 6) is 1.92. The third kappa shape index (κ3) is 4.90. The monoisotopic (exact) mass is 510 g/mol. The Bertz CT molecular complexity index is 1500. The van der Waals surface area contributed by atoms with Crippen LogP contribution in [0.4, 0.5) is 10.5 Å². The van der Waals surface area contributed by atoms with E-state index in [1.165, 1.54) is 4.90 Å². The predicted octanol–water partition coefficient (Wildman–Crippen LogP) is 7.44. The normalized spacial score (nSPS) is 14.5. The fourth-order valence-electron chi connectivity index (χ4n) is 4.30. The maximum atomic E-state index is 13.1. The number of anilines is 1. The molecule has 0 N–H and O–H groups in total. The Morgan fingerprint density at radius 3 is 1.95 bits per heavy atom. The highest BCUT2D eigenvalue weighted by Crippen LogP contribution is 2.37. The third-order valence-electron chi connectivity index (χ3n) is 6.23. The Labute approximate surface area is 220 Å². The molecule has 0 aliphatic carbocycles. The van der Waals surface area contributed by atoms with Crippen molar-refractivity contribution in [1.29, 1.82) is 0 Å². The van der Waals surface area contributed by atoms with Crippen molar-refractivity contribution >= 4 is 34.7 Å². The molecule has 0 spiro atoms. The van der Waals surface area contributed by atoms with Crippen LogP contribution < -0.4 is 14.4 Å². The lowest BCUT2D eigenvalue weighted by atomic mass is 10.2. The van der Waals surface area contributed by atoms with E-state index in [1.807, 2.05) is 87.5 Å². The van der Waals surface area contributed by atoms with Crippen LogP contribution in [0.1, 0.15) is 22.5 Å². The summed E-state index contributed by atoms with van der Waals surface area (Å²) in [5, 5.41) is -0.290. The van der Waals surface area contributed by atoms with Crippen LogP contribution in [0.3, 0.4) is 0 Å². The summed E-state index contributed by atoms with van der Waals surface area (Å²) in [7, 11) is 1.63. The van der Waals surface area contributed by atoms with E-state index in [-0.39, 0.29) is 11.1 Å². The van der Waals surface area contributed by atoms with Gasteiger partial charge in [0.1, 0.15) is 17.2 Å². The molecule has 1 saturated heterocycles. The molecular weight excluding hydrogens is 484 g/mol. The summed E-state index contributed by atoms with van der Waals surface area (Å²) in [6.07, 6.45) is 1.80. The lowest BCUT2D eigenvalue weighted by Crippen LogP contribution is -2.27. The van der Waals surface area contributed by atoms with Crippen LogP contribution in [0.5, 0.6) is 17.2 Å². The molecule has 0 unspecified atom stereocenters. The summed E-state index contributed by atoms with van der Waals surface area (Å²) < 4.78 is 13.3. The van der Waals surface area contributed by atoms with Gasteiger partial charge in [-0.15, -0.1) is 0 Å². The van der Waals surface area contributed by atoms with E-state index < -0.39 is 0 Å². The molecule has 7 heteroatoms. The van der Waals surface area contributed by atoms with E-state index in [2.05, 4.69) is 4.57 Å². The van der Waals surface area contributed by atoms with Gasteiger partial charge in [-0.25, -0.2) is 4.90 Å². The first-order valence-electron chi connectivity index (χ1n) is 11.8. The molecule has 2 heterocycles. The molecule has 1 aliphatic heterocycles. The van der Waals surface area contributed by atoms with Crippen LogP contribution in [-0.4, -0.2) is 22.8 Å². The Morgan fingerprint density at radius 2 is 1.32 bits per heavy atom. The molecule has 2 amide bonds. The number of nitrogens with zero attached hydrogens (tertiary/aromatic N) is 2. The average molecular weight is 511 g/mol. The molecule has 186 valence electrons. The number of carbonyl (C=O) groups excluding carboxylic acids is 2. The van der Waals surface area contributed by atoms with Crippen LogP contribution in [0.2, 0.25) is 0 Å². The van der Waals surface area contributed by atoms with Gasteiger partial charge in [-0.2, -0.15) is 0 Å². The fourth-order valence-corrected chi connectivity index (χ4v) is 5.13. The molecule has 1 aliphatic rings. The molecule has 0 atom stereocenters. The minimum absolute atomic E-state index is 0.290. The molecule has 6 nitrogen and oxygen atoms in total. The molecule has 5 rings (SSSR count). The predicted molar refractivity (Wildman–Crippen MR) is 148 cm³/mol. The van der Waals surface area contributed by atoms with E-state index in [0.717, 1.165) is 57.2 Å². The number of carbonyl (C=O) groups is 2. The number of thioether (sulfide) groups is 1. The first kappa shape index (κ1) is 24.5. The number of methoxy groups -OCH3 is 1. The highest BCUT2D eigenvalue weighted by Gasteiger charge is 2.36. The Kier molecular flexibility index (Phi) is 6.63. The third-order valence-corrected chi connectivity index (χ3v) is 7.10. The molecule has 1 aromatic heterocycles. The smallest absolute Gasteiger partial charge is 0.298 e. The quantitative estimate of drug-likeness (QED) is 0.252. The molecule has 3 aromatic carbocycles. The lowest BCUT2D eigenvalue weighted by Gasteiger charge is -2.12. The van der Waals surface area contributed by atoms with Crippen molar-refractivity contribution in [3.8, 4) is 22.9 Å². The SMILES string of the molecule is COc1ccc(Oc2ccc(-n3c(C)cc(/C=C4\SC(=O)N(c5ccc(C)cc5)C4=O)c3C)cc2)cc1. The standard InChI is InChI=1S/C30H26N2O4S/c1-19-5-7-24(8-6-19)32-29(33)28(37-30(32)34)18-22-17-20(2)31(21(22)3)23-9-11-26(12-10-23)36-27-15-13-25(35-4)14-16-27/h5-18H,1-4H3/b28-18-. The van der Waals surface area contributed by atoms with Crippen molar-refractivity contribution in [2.24, 2.45) is 0 Å². The van der Waals surface area contributed by atoms with E-state index in [0.29, 0.717) is 10.6 Å². The van der Waals surface area contributed by atoms with Crippen LogP contribution in [0.15, 0.2) is 83.8 Å². The maximum Gasteiger partial charge on any atom is 0.298 e. The second-order valence-electron chi connectivity index (χ2n) is 8.79. The Morgan fingerprint density at radius 1 is 0.757 bits per heavy atom. The zero-order valence-electron chi connectivity index (χ0n) is 21.0. The molecule has 37 heavy (non-hydrogen) atoms. The maximum absolute atomic E-state index is 13.1. The van der Waals surface area contributed by atoms with Gasteiger partial charge in [0.2, 0.25) is 0 Å². The molecule has 0 radical (unpaired) electrons. The van der Waals surface area contributed by atoms with Crippen molar-refractivity contribution in [2.45, 2.75) is 20.8 Å². The Balaban J connectivity index is 1.37. The van der Waals surface area contributed by atoms with Gasteiger partial charge in [-0.05, 0) is 111 Å². The van der Waals surface area contributed by atoms with Crippen molar-refractivity contribution in [2.75, 3.05) is 12.0 Å². The summed E-state index contributed by atoms with van der Waals surface area (Å²) in [6.45, 7) is 5.99. The van der Waals surface area contributed by atoms with Gasteiger partial charge < -0.3 is 14.0 Å². The first-order valence-corrected chi connectivity index (χ1v) is 12.6. The van der Waals surface area contributed by atoms with Crippen molar-refractivity contribution in [1.82, 2.24) is 4.57 Å². The minimum atomic E-state index is -0.302. The van der Waals surface area contributed by atoms with Gasteiger partial charge in [-0.1, -0.05) is 17.7 Å². The topological polar surface area (TPSA) is 60.8 Å². The number of imide groups is 1. The van der Waals surface area contributed by atoms with Crippen LogP contribution in [0, 0.1) is 20.8 Å². The minimum Gasteiger partial charge on any atom is -0.497 e. The summed E-state index contributed by atoms with van der Waals surface area (Å²) in [5.41, 5.74) is 5.52. The fraction of sp³-hybridized carbons (Fsp3) is 0.133. The molecule has 0 bridgehead atoms. The number of aryl methyl sites for hydroxylation is 2. The number of aromatic nitrogens is 1. The van der Waals surface area contributed by atoms with E-state index in [4.69, 9.17) is 9.47 Å². The number of amides is 2. The number of benzene rings is 3. The number of hydrogen-bond donors (Lipinski definition) is 0. The number of ether oxygens (including phenoxy) is 2. The summed E-state index contributed by atoms with van der Waals surface area (Å²) >= 11 is 0.965.